The van der Waals surface area contributed by atoms with E-state index >= 15 is 0 Å². The lowest BCUT2D eigenvalue weighted by Gasteiger charge is -2.17. The number of nitrogens with two attached hydrogens (primary N) is 1. The molecule has 182 valence electrons. The largest absolute Gasteiger partial charge is 0.416 e. The van der Waals surface area contributed by atoms with Crippen molar-refractivity contribution in [1.29, 1.82) is 5.26 Å². The minimum absolute atomic E-state index is 0.0533. The first-order valence-corrected chi connectivity index (χ1v) is 11.3. The molecule has 7 nitrogen and oxygen atoms in total. The van der Waals surface area contributed by atoms with Gasteiger partial charge in [0.15, 0.2) is 5.13 Å². The molecule has 0 fully saturated rings. The number of hydrogen-bond acceptors (Lipinski definition) is 6. The van der Waals surface area contributed by atoms with E-state index in [9.17, 15) is 22.8 Å². The van der Waals surface area contributed by atoms with Crippen LogP contribution in [0.25, 0.3) is 27.4 Å². The van der Waals surface area contributed by atoms with E-state index in [1.165, 1.54) is 25.2 Å². The number of benzene rings is 2. The van der Waals surface area contributed by atoms with Crippen molar-refractivity contribution in [2.45, 2.75) is 13.1 Å². The van der Waals surface area contributed by atoms with Crippen LogP contribution in [0.1, 0.15) is 27.2 Å². The molecule has 4 aromatic rings. The number of nitrogens with one attached hydrogen (secondary N) is 1. The molecule has 0 aliphatic rings. The van der Waals surface area contributed by atoms with Crippen molar-refractivity contribution in [3.8, 4) is 33.5 Å². The summed E-state index contributed by atoms with van der Waals surface area (Å²) < 4.78 is 41.2. The molecule has 11 heteroatoms. The monoisotopic (exact) mass is 509 g/mol. The van der Waals surface area contributed by atoms with Crippen LogP contribution in [0.15, 0.2) is 59.4 Å². The van der Waals surface area contributed by atoms with Gasteiger partial charge in [0.05, 0.1) is 27.8 Å². The molecule has 0 radical (unpaired) electrons. The van der Waals surface area contributed by atoms with E-state index in [0.29, 0.717) is 27.3 Å². The zero-order valence-corrected chi connectivity index (χ0v) is 19.8. The Morgan fingerprint density at radius 3 is 2.47 bits per heavy atom. The summed E-state index contributed by atoms with van der Waals surface area (Å²) in [5, 5.41) is 11.7. The van der Waals surface area contributed by atoms with Crippen LogP contribution in [0.4, 0.5) is 18.3 Å². The molecule has 0 unspecified atom stereocenters. The van der Waals surface area contributed by atoms with E-state index in [4.69, 9.17) is 11.0 Å². The summed E-state index contributed by atoms with van der Waals surface area (Å²) in [5.74, 6) is -0.704. The summed E-state index contributed by atoms with van der Waals surface area (Å²) in [5.41, 5.74) is 6.09. The Balaban J connectivity index is 2.03. The Bertz CT molecular complexity index is 1580. The second-order valence-corrected chi connectivity index (χ2v) is 8.77. The second kappa shape index (κ2) is 9.31. The van der Waals surface area contributed by atoms with Crippen LogP contribution in [0, 0.1) is 18.3 Å². The second-order valence-electron chi connectivity index (χ2n) is 7.74. The fourth-order valence-electron chi connectivity index (χ4n) is 3.78. The number of anilines is 1. The van der Waals surface area contributed by atoms with E-state index in [0.717, 1.165) is 28.0 Å². The molecular formula is C25H18F3N5O2S. The van der Waals surface area contributed by atoms with E-state index in [-0.39, 0.29) is 22.1 Å². The number of thiazole rings is 1. The van der Waals surface area contributed by atoms with Crippen molar-refractivity contribution in [2.75, 3.05) is 12.8 Å². The molecule has 0 bridgehead atoms. The molecule has 0 saturated heterocycles. The smallest absolute Gasteiger partial charge is 0.375 e. The van der Waals surface area contributed by atoms with Gasteiger partial charge in [-0.25, -0.2) is 4.98 Å². The van der Waals surface area contributed by atoms with Gasteiger partial charge in [-0.3, -0.25) is 14.2 Å². The number of alkyl halides is 3. The van der Waals surface area contributed by atoms with Gasteiger partial charge < -0.3 is 11.1 Å². The number of hydrogen-bond donors (Lipinski definition) is 2. The number of pyridine rings is 1. The van der Waals surface area contributed by atoms with Crippen LogP contribution < -0.4 is 16.6 Å². The summed E-state index contributed by atoms with van der Waals surface area (Å²) >= 11 is 1.16. The molecular weight excluding hydrogens is 491 g/mol. The van der Waals surface area contributed by atoms with E-state index in [1.807, 2.05) is 6.07 Å². The van der Waals surface area contributed by atoms with E-state index in [2.05, 4.69) is 10.3 Å². The summed E-state index contributed by atoms with van der Waals surface area (Å²) in [6.45, 7) is 1.56. The quantitative estimate of drug-likeness (QED) is 0.412. The Hall–Kier alpha value is -4.43. The maximum absolute atomic E-state index is 13.4. The fourth-order valence-corrected chi connectivity index (χ4v) is 4.64. The molecule has 0 spiro atoms. The number of carbonyl (C=O) groups is 1. The third kappa shape index (κ3) is 4.46. The van der Waals surface area contributed by atoms with Crippen molar-refractivity contribution in [3.63, 3.8) is 0 Å². The molecule has 2 heterocycles. The lowest BCUT2D eigenvalue weighted by atomic mass is 10.0. The zero-order valence-electron chi connectivity index (χ0n) is 19.0. The van der Waals surface area contributed by atoms with Gasteiger partial charge in [0.25, 0.3) is 11.5 Å². The SMILES string of the molecule is CNC(=O)c1cc(-c2nc(N)sc2-c2ccc(C#N)cc2)c(C)n(-c2cccc(C(F)(F)F)c2)c1=O. The lowest BCUT2D eigenvalue weighted by Crippen LogP contribution is -2.32. The van der Waals surface area contributed by atoms with Crippen LogP contribution >= 0.6 is 11.3 Å². The number of amides is 1. The van der Waals surface area contributed by atoms with Gasteiger partial charge in [-0.05, 0) is 48.9 Å². The minimum Gasteiger partial charge on any atom is -0.375 e. The van der Waals surface area contributed by atoms with Crippen LogP contribution in [0.2, 0.25) is 0 Å². The molecule has 1 amide bonds. The Labute approximate surface area is 207 Å². The van der Waals surface area contributed by atoms with Crippen LogP contribution in [-0.4, -0.2) is 22.5 Å². The highest BCUT2D eigenvalue weighted by Crippen LogP contribution is 2.40. The summed E-state index contributed by atoms with van der Waals surface area (Å²) in [4.78, 5) is 30.9. The first-order valence-electron chi connectivity index (χ1n) is 10.5. The molecule has 2 aromatic carbocycles. The van der Waals surface area contributed by atoms with Crippen molar-refractivity contribution < 1.29 is 18.0 Å². The van der Waals surface area contributed by atoms with Crippen molar-refractivity contribution in [2.24, 2.45) is 0 Å². The predicted molar refractivity (Wildman–Crippen MR) is 131 cm³/mol. The minimum atomic E-state index is -4.62. The predicted octanol–water partition coefficient (Wildman–Crippen LogP) is 4.77. The number of halogens is 3. The Morgan fingerprint density at radius 1 is 1.17 bits per heavy atom. The fraction of sp³-hybridized carbons (Fsp3) is 0.120. The third-order valence-corrected chi connectivity index (χ3v) is 6.46. The van der Waals surface area contributed by atoms with Crippen LogP contribution in [0.3, 0.4) is 0 Å². The molecule has 36 heavy (non-hydrogen) atoms. The van der Waals surface area contributed by atoms with Gasteiger partial charge in [-0.1, -0.05) is 29.5 Å². The molecule has 3 N–H and O–H groups in total. The first kappa shape index (κ1) is 24.7. The average molecular weight is 510 g/mol. The van der Waals surface area contributed by atoms with Gasteiger partial charge in [0, 0.05) is 24.0 Å². The third-order valence-electron chi connectivity index (χ3n) is 5.53. The van der Waals surface area contributed by atoms with Gasteiger partial charge >= 0.3 is 6.18 Å². The molecule has 0 aliphatic heterocycles. The average Bonchev–Trinajstić information content (AvgIpc) is 3.24. The molecule has 0 aliphatic carbocycles. The van der Waals surface area contributed by atoms with Crippen molar-refractivity contribution in [1.82, 2.24) is 14.9 Å². The molecule has 0 saturated carbocycles. The van der Waals surface area contributed by atoms with Gasteiger partial charge in [-0.15, -0.1) is 0 Å². The highest BCUT2D eigenvalue weighted by molar-refractivity contribution is 7.19. The summed E-state index contributed by atoms with van der Waals surface area (Å²) in [6.07, 6.45) is -4.62. The number of carbonyl (C=O) groups excluding carboxylic acids is 1. The standard InChI is InChI=1S/C25H18F3N5O2S/c1-13-18(20-21(36-24(30)32-20)15-8-6-14(12-29)7-9-15)11-19(22(34)31-2)23(35)33(13)17-5-3-4-16(10-17)25(26,27)28/h3-11H,1-2H3,(H2,30,32)(H,31,34). The number of nitrogen functional groups attached to an aromatic ring is 1. The normalized spacial score (nSPS) is 11.2. The number of aromatic nitrogens is 2. The molecule has 4 rings (SSSR count). The maximum atomic E-state index is 13.4. The van der Waals surface area contributed by atoms with Crippen molar-refractivity contribution >= 4 is 22.4 Å². The number of nitrogens with zero attached hydrogens (tertiary/aromatic N) is 3. The zero-order chi connectivity index (χ0) is 26.2. The Kier molecular flexibility index (Phi) is 6.39. The first-order chi connectivity index (χ1) is 17.0. The van der Waals surface area contributed by atoms with E-state index in [1.54, 1.807) is 31.2 Å². The Morgan fingerprint density at radius 2 is 1.86 bits per heavy atom. The summed E-state index contributed by atoms with van der Waals surface area (Å²) in [6, 6.07) is 14.4. The summed E-state index contributed by atoms with van der Waals surface area (Å²) in [7, 11) is 1.35. The van der Waals surface area contributed by atoms with Crippen molar-refractivity contribution in [3.05, 3.63) is 87.3 Å². The highest BCUT2D eigenvalue weighted by atomic mass is 32.1. The van der Waals surface area contributed by atoms with E-state index < -0.39 is 23.2 Å². The molecule has 0 atom stereocenters. The number of rotatable bonds is 4. The lowest BCUT2D eigenvalue weighted by molar-refractivity contribution is -0.137. The van der Waals surface area contributed by atoms with Crippen LogP contribution in [0.5, 0.6) is 0 Å². The van der Waals surface area contributed by atoms with Crippen LogP contribution in [-0.2, 0) is 6.18 Å². The maximum Gasteiger partial charge on any atom is 0.416 e. The van der Waals surface area contributed by atoms with Gasteiger partial charge in [-0.2, -0.15) is 18.4 Å². The number of nitriles is 1. The topological polar surface area (TPSA) is 114 Å². The van der Waals surface area contributed by atoms with Gasteiger partial charge in [0.2, 0.25) is 0 Å². The van der Waals surface area contributed by atoms with Gasteiger partial charge in [0.1, 0.15) is 5.56 Å². The highest BCUT2D eigenvalue weighted by Gasteiger charge is 2.31. The molecule has 2 aromatic heterocycles.